The average Bonchev–Trinajstić information content (AvgIpc) is 2.60. The largest absolute Gasteiger partial charge is 0.316 e. The molecule has 0 aliphatic carbocycles. The van der Waals surface area contributed by atoms with E-state index in [1.165, 1.54) is 24.3 Å². The summed E-state index contributed by atoms with van der Waals surface area (Å²) < 4.78 is 0. The number of nitro groups is 1. The molecular formula is C19H17N3O3. The molecule has 1 amide bonds. The monoisotopic (exact) mass is 335 g/mol. The molecule has 0 saturated carbocycles. The normalized spacial score (nSPS) is 11.0. The Hall–Kier alpha value is -3.46. The van der Waals surface area contributed by atoms with Gasteiger partial charge in [-0.2, -0.15) is 5.26 Å². The molecule has 0 heterocycles. The van der Waals surface area contributed by atoms with Crippen LogP contribution in [0.4, 0.5) is 11.4 Å². The summed E-state index contributed by atoms with van der Waals surface area (Å²) in [5.41, 5.74) is 1.55. The molecule has 0 aliphatic heterocycles. The predicted octanol–water partition coefficient (Wildman–Crippen LogP) is 4.26. The molecule has 6 nitrogen and oxygen atoms in total. The van der Waals surface area contributed by atoms with Gasteiger partial charge in [-0.25, -0.2) is 0 Å². The number of nitrogens with zero attached hydrogens (tertiary/aromatic N) is 2. The van der Waals surface area contributed by atoms with Gasteiger partial charge in [0.1, 0.15) is 17.3 Å². The highest BCUT2D eigenvalue weighted by Gasteiger charge is 2.17. The summed E-state index contributed by atoms with van der Waals surface area (Å²) in [4.78, 5) is 22.7. The van der Waals surface area contributed by atoms with Crippen molar-refractivity contribution in [3.05, 3.63) is 75.3 Å². The molecule has 0 aromatic heterocycles. The molecule has 6 heteroatoms. The van der Waals surface area contributed by atoms with Crippen LogP contribution in [-0.2, 0) is 4.79 Å². The summed E-state index contributed by atoms with van der Waals surface area (Å²) in [7, 11) is 0. The van der Waals surface area contributed by atoms with Gasteiger partial charge in [0.25, 0.3) is 11.6 Å². The summed E-state index contributed by atoms with van der Waals surface area (Å²) >= 11 is 0. The van der Waals surface area contributed by atoms with E-state index in [2.05, 4.69) is 19.2 Å². The second-order valence-corrected chi connectivity index (χ2v) is 5.72. The van der Waals surface area contributed by atoms with E-state index in [-0.39, 0.29) is 16.9 Å². The molecule has 2 aromatic rings. The fraction of sp³-hybridized carbons (Fsp3) is 0.158. The number of carbonyl (C=O) groups excluding carboxylic acids is 1. The van der Waals surface area contributed by atoms with Crippen LogP contribution in [0.2, 0.25) is 0 Å². The summed E-state index contributed by atoms with van der Waals surface area (Å²) in [6.07, 6.45) is 1.45. The average molecular weight is 335 g/mol. The maximum absolute atomic E-state index is 12.3. The number of nitro benzene ring substituents is 1. The summed E-state index contributed by atoms with van der Waals surface area (Å²) in [5, 5.41) is 22.7. The Balaban J connectivity index is 2.24. The number of hydrogen-bond acceptors (Lipinski definition) is 4. The van der Waals surface area contributed by atoms with E-state index in [0.29, 0.717) is 11.5 Å². The Morgan fingerprint density at radius 3 is 2.40 bits per heavy atom. The van der Waals surface area contributed by atoms with Crippen molar-refractivity contribution in [2.24, 2.45) is 0 Å². The highest BCUT2D eigenvalue weighted by atomic mass is 16.6. The van der Waals surface area contributed by atoms with Gasteiger partial charge in [0, 0.05) is 6.07 Å². The second-order valence-electron chi connectivity index (χ2n) is 5.72. The van der Waals surface area contributed by atoms with Crippen LogP contribution in [-0.4, -0.2) is 10.8 Å². The molecule has 0 radical (unpaired) electrons. The SMILES string of the molecule is CC(C)c1ccc(C=C(C#N)C(=O)Nc2ccccc2[N+](=O)[O-])cc1. The van der Waals surface area contributed by atoms with Crippen LogP contribution in [0.1, 0.15) is 30.9 Å². The highest BCUT2D eigenvalue weighted by molar-refractivity contribution is 6.10. The fourth-order valence-electron chi connectivity index (χ4n) is 2.22. The molecular weight excluding hydrogens is 318 g/mol. The number of anilines is 1. The van der Waals surface area contributed by atoms with Crippen LogP contribution in [0, 0.1) is 21.4 Å². The van der Waals surface area contributed by atoms with Gasteiger partial charge in [-0.15, -0.1) is 0 Å². The van der Waals surface area contributed by atoms with E-state index in [0.717, 1.165) is 5.56 Å². The van der Waals surface area contributed by atoms with Crippen molar-refractivity contribution in [1.29, 1.82) is 5.26 Å². The molecule has 126 valence electrons. The number of hydrogen-bond donors (Lipinski definition) is 1. The predicted molar refractivity (Wildman–Crippen MR) is 95.8 cm³/mol. The van der Waals surface area contributed by atoms with Crippen molar-refractivity contribution >= 4 is 23.4 Å². The van der Waals surface area contributed by atoms with Crippen molar-refractivity contribution in [2.45, 2.75) is 19.8 Å². The van der Waals surface area contributed by atoms with E-state index in [4.69, 9.17) is 0 Å². The minimum atomic E-state index is -0.690. The molecule has 0 bridgehead atoms. The minimum absolute atomic E-state index is 0.0498. The molecule has 0 unspecified atom stereocenters. The van der Waals surface area contributed by atoms with E-state index >= 15 is 0 Å². The third kappa shape index (κ3) is 4.52. The Bertz CT molecular complexity index is 862. The first-order chi connectivity index (χ1) is 11.9. The van der Waals surface area contributed by atoms with Crippen molar-refractivity contribution in [3.8, 4) is 6.07 Å². The van der Waals surface area contributed by atoms with Crippen molar-refractivity contribution in [3.63, 3.8) is 0 Å². The van der Waals surface area contributed by atoms with Gasteiger partial charge in [0.05, 0.1) is 4.92 Å². The van der Waals surface area contributed by atoms with Crippen LogP contribution < -0.4 is 5.32 Å². The molecule has 0 saturated heterocycles. The number of carbonyl (C=O) groups is 1. The van der Waals surface area contributed by atoms with E-state index < -0.39 is 10.8 Å². The van der Waals surface area contributed by atoms with E-state index in [1.54, 1.807) is 6.07 Å². The number of rotatable bonds is 5. The first-order valence-corrected chi connectivity index (χ1v) is 7.69. The van der Waals surface area contributed by atoms with Crippen LogP contribution in [0.25, 0.3) is 6.08 Å². The van der Waals surface area contributed by atoms with Crippen molar-refractivity contribution < 1.29 is 9.72 Å². The number of nitrogens with one attached hydrogen (secondary N) is 1. The Labute approximate surface area is 145 Å². The van der Waals surface area contributed by atoms with Gasteiger partial charge in [-0.05, 0) is 29.2 Å². The maximum atomic E-state index is 12.3. The molecule has 25 heavy (non-hydrogen) atoms. The number of benzene rings is 2. The van der Waals surface area contributed by atoms with Crippen LogP contribution in [0.15, 0.2) is 54.1 Å². The lowest BCUT2D eigenvalue weighted by Crippen LogP contribution is -2.14. The summed E-state index contributed by atoms with van der Waals surface area (Å²) in [5.74, 6) is -0.305. The maximum Gasteiger partial charge on any atom is 0.292 e. The van der Waals surface area contributed by atoms with Crippen molar-refractivity contribution in [2.75, 3.05) is 5.32 Å². The third-order valence-electron chi connectivity index (χ3n) is 3.63. The Kier molecular flexibility index (Phi) is 5.64. The number of nitriles is 1. The zero-order chi connectivity index (χ0) is 18.4. The van der Waals surface area contributed by atoms with Crippen LogP contribution in [0.3, 0.4) is 0 Å². The third-order valence-corrected chi connectivity index (χ3v) is 3.63. The molecule has 2 aromatic carbocycles. The Morgan fingerprint density at radius 1 is 1.20 bits per heavy atom. The van der Waals surface area contributed by atoms with Gasteiger partial charge < -0.3 is 5.32 Å². The first kappa shape index (κ1) is 17.9. The van der Waals surface area contributed by atoms with E-state index in [9.17, 15) is 20.2 Å². The summed E-state index contributed by atoms with van der Waals surface area (Å²) in [6.45, 7) is 4.15. The minimum Gasteiger partial charge on any atom is -0.316 e. The lowest BCUT2D eigenvalue weighted by Gasteiger charge is -2.06. The second kappa shape index (κ2) is 7.88. The Morgan fingerprint density at radius 2 is 1.84 bits per heavy atom. The van der Waals surface area contributed by atoms with Gasteiger partial charge in [-0.1, -0.05) is 50.2 Å². The molecule has 0 spiro atoms. The van der Waals surface area contributed by atoms with Crippen molar-refractivity contribution in [1.82, 2.24) is 0 Å². The zero-order valence-corrected chi connectivity index (χ0v) is 13.9. The van der Waals surface area contributed by atoms with Gasteiger partial charge in [0.15, 0.2) is 0 Å². The first-order valence-electron chi connectivity index (χ1n) is 7.69. The van der Waals surface area contributed by atoms with E-state index in [1.807, 2.05) is 30.3 Å². The zero-order valence-electron chi connectivity index (χ0n) is 13.9. The molecule has 0 atom stereocenters. The lowest BCUT2D eigenvalue weighted by atomic mass is 10.0. The fourth-order valence-corrected chi connectivity index (χ4v) is 2.22. The summed E-state index contributed by atoms with van der Waals surface area (Å²) in [6, 6.07) is 15.1. The van der Waals surface area contributed by atoms with Gasteiger partial charge in [-0.3, -0.25) is 14.9 Å². The molecule has 2 rings (SSSR count). The number of para-hydroxylation sites is 2. The quantitative estimate of drug-likeness (QED) is 0.382. The van der Waals surface area contributed by atoms with Gasteiger partial charge >= 0.3 is 0 Å². The highest BCUT2D eigenvalue weighted by Crippen LogP contribution is 2.24. The van der Waals surface area contributed by atoms with Crippen LogP contribution in [0.5, 0.6) is 0 Å². The lowest BCUT2D eigenvalue weighted by molar-refractivity contribution is -0.383. The smallest absolute Gasteiger partial charge is 0.292 e. The molecule has 0 aliphatic rings. The molecule has 1 N–H and O–H groups in total. The molecule has 0 fully saturated rings. The number of amides is 1. The van der Waals surface area contributed by atoms with Crippen LogP contribution >= 0.6 is 0 Å². The van der Waals surface area contributed by atoms with Gasteiger partial charge in [0.2, 0.25) is 0 Å². The standard InChI is InChI=1S/C19H17N3O3/c1-13(2)15-9-7-14(8-10-15)11-16(12-20)19(23)21-17-5-3-4-6-18(17)22(24)25/h3-11,13H,1-2H3,(H,21,23). The topological polar surface area (TPSA) is 96.0 Å².